The molecule has 1 fully saturated rings. The third-order valence-corrected chi connectivity index (χ3v) is 2.82. The van der Waals surface area contributed by atoms with E-state index in [0.29, 0.717) is 19.8 Å². The molecule has 5 heteroatoms. The molecule has 0 aromatic heterocycles. The largest absolute Gasteiger partial charge is 0.351 e. The van der Waals surface area contributed by atoms with Gasteiger partial charge in [-0.2, -0.15) is 0 Å². The molecule has 1 unspecified atom stereocenters. The molecule has 100 valence electrons. The van der Waals surface area contributed by atoms with Crippen LogP contribution in [0.2, 0.25) is 0 Å². The van der Waals surface area contributed by atoms with Crippen molar-refractivity contribution in [2.24, 2.45) is 5.92 Å². The predicted molar refractivity (Wildman–Crippen MR) is 65.6 cm³/mol. The van der Waals surface area contributed by atoms with Gasteiger partial charge in [0.1, 0.15) is 0 Å². The second-order valence-electron chi connectivity index (χ2n) is 4.13. The Morgan fingerprint density at radius 3 is 2.65 bits per heavy atom. The summed E-state index contributed by atoms with van der Waals surface area (Å²) in [7, 11) is 0. The number of hydrogen-bond donors (Lipinski definition) is 2. The third-order valence-electron chi connectivity index (χ3n) is 2.82. The standard InChI is InChI=1S/C12H24N2O3/c1-3-16-11(17-4-2)9-14-12(15)10-6-5-7-13-8-10/h10-11,13H,3-9H2,1-2H3,(H,14,15). The number of rotatable bonds is 7. The van der Waals surface area contributed by atoms with Gasteiger partial charge >= 0.3 is 0 Å². The molecule has 1 heterocycles. The summed E-state index contributed by atoms with van der Waals surface area (Å²) in [6, 6.07) is 0. The maximum atomic E-state index is 11.8. The van der Waals surface area contributed by atoms with Crippen LogP contribution in [-0.2, 0) is 14.3 Å². The van der Waals surface area contributed by atoms with E-state index in [1.165, 1.54) is 0 Å². The van der Waals surface area contributed by atoms with Crippen molar-refractivity contribution >= 4 is 5.91 Å². The zero-order chi connectivity index (χ0) is 12.5. The van der Waals surface area contributed by atoms with Gasteiger partial charge in [-0.1, -0.05) is 0 Å². The van der Waals surface area contributed by atoms with Crippen molar-refractivity contribution in [3.05, 3.63) is 0 Å². The summed E-state index contributed by atoms with van der Waals surface area (Å²) in [5.41, 5.74) is 0. The van der Waals surface area contributed by atoms with Crippen molar-refractivity contribution in [3.63, 3.8) is 0 Å². The molecule has 1 amide bonds. The first-order valence-electron chi connectivity index (χ1n) is 6.49. The maximum Gasteiger partial charge on any atom is 0.224 e. The van der Waals surface area contributed by atoms with Crippen LogP contribution >= 0.6 is 0 Å². The molecular weight excluding hydrogens is 220 g/mol. The molecule has 0 radical (unpaired) electrons. The fourth-order valence-corrected chi connectivity index (χ4v) is 1.94. The molecule has 0 aromatic carbocycles. The second-order valence-corrected chi connectivity index (χ2v) is 4.13. The minimum Gasteiger partial charge on any atom is -0.351 e. The number of hydrogen-bond acceptors (Lipinski definition) is 4. The number of piperidine rings is 1. The van der Waals surface area contributed by atoms with Crippen molar-refractivity contribution in [2.75, 3.05) is 32.8 Å². The molecular formula is C12H24N2O3. The second kappa shape index (κ2) is 8.44. The highest BCUT2D eigenvalue weighted by atomic mass is 16.7. The van der Waals surface area contributed by atoms with Crippen LogP contribution in [0, 0.1) is 5.92 Å². The first-order chi connectivity index (χ1) is 8.27. The molecule has 0 saturated carbocycles. The molecule has 0 spiro atoms. The first-order valence-corrected chi connectivity index (χ1v) is 6.49. The lowest BCUT2D eigenvalue weighted by Gasteiger charge is -2.23. The third kappa shape index (κ3) is 5.48. The lowest BCUT2D eigenvalue weighted by atomic mass is 9.99. The van der Waals surface area contributed by atoms with E-state index in [-0.39, 0.29) is 18.1 Å². The Hall–Kier alpha value is -0.650. The Labute approximate surface area is 103 Å². The molecule has 2 N–H and O–H groups in total. The van der Waals surface area contributed by atoms with Crippen LogP contribution in [0.3, 0.4) is 0 Å². The van der Waals surface area contributed by atoms with Crippen LogP contribution in [-0.4, -0.2) is 45.0 Å². The summed E-state index contributed by atoms with van der Waals surface area (Å²) in [5, 5.41) is 6.12. The number of ether oxygens (including phenoxy) is 2. The Balaban J connectivity index is 2.24. The average Bonchev–Trinajstić information content (AvgIpc) is 2.37. The summed E-state index contributed by atoms with van der Waals surface area (Å²) >= 11 is 0. The molecule has 1 aliphatic rings. The summed E-state index contributed by atoms with van der Waals surface area (Å²) in [6.07, 6.45) is 1.70. The molecule has 17 heavy (non-hydrogen) atoms. The van der Waals surface area contributed by atoms with Crippen LogP contribution in [0.25, 0.3) is 0 Å². The van der Waals surface area contributed by atoms with E-state index in [1.54, 1.807) is 0 Å². The molecule has 1 rings (SSSR count). The summed E-state index contributed by atoms with van der Waals surface area (Å²) < 4.78 is 10.7. The minimum atomic E-state index is -0.328. The predicted octanol–water partition coefficient (Wildman–Crippen LogP) is 0.501. The van der Waals surface area contributed by atoms with E-state index in [4.69, 9.17) is 9.47 Å². The van der Waals surface area contributed by atoms with E-state index in [0.717, 1.165) is 25.9 Å². The lowest BCUT2D eigenvalue weighted by Crippen LogP contribution is -2.43. The quantitative estimate of drug-likeness (QED) is 0.640. The molecule has 0 aromatic rings. The van der Waals surface area contributed by atoms with Gasteiger partial charge in [0.05, 0.1) is 12.5 Å². The van der Waals surface area contributed by atoms with Crippen molar-refractivity contribution in [1.29, 1.82) is 0 Å². The fraction of sp³-hybridized carbons (Fsp3) is 0.917. The van der Waals surface area contributed by atoms with E-state index in [2.05, 4.69) is 10.6 Å². The van der Waals surface area contributed by atoms with Gasteiger partial charge in [-0.15, -0.1) is 0 Å². The van der Waals surface area contributed by atoms with E-state index < -0.39 is 0 Å². The van der Waals surface area contributed by atoms with Crippen LogP contribution in [0.5, 0.6) is 0 Å². The van der Waals surface area contributed by atoms with Gasteiger partial charge in [0, 0.05) is 19.8 Å². The van der Waals surface area contributed by atoms with Gasteiger partial charge in [0.25, 0.3) is 0 Å². The van der Waals surface area contributed by atoms with Gasteiger partial charge in [-0.3, -0.25) is 4.79 Å². The maximum absolute atomic E-state index is 11.8. The Morgan fingerprint density at radius 1 is 1.41 bits per heavy atom. The smallest absolute Gasteiger partial charge is 0.224 e. The Morgan fingerprint density at radius 2 is 2.12 bits per heavy atom. The minimum absolute atomic E-state index is 0.0904. The van der Waals surface area contributed by atoms with E-state index >= 15 is 0 Å². The fourth-order valence-electron chi connectivity index (χ4n) is 1.94. The first kappa shape index (κ1) is 14.4. The zero-order valence-electron chi connectivity index (χ0n) is 10.8. The molecule has 5 nitrogen and oxygen atoms in total. The number of carbonyl (C=O) groups excluding carboxylic acids is 1. The van der Waals surface area contributed by atoms with Gasteiger partial charge < -0.3 is 20.1 Å². The van der Waals surface area contributed by atoms with Crippen LogP contribution in [0.4, 0.5) is 0 Å². The number of nitrogens with one attached hydrogen (secondary N) is 2. The molecule has 0 bridgehead atoms. The van der Waals surface area contributed by atoms with Gasteiger partial charge in [-0.05, 0) is 33.2 Å². The number of carbonyl (C=O) groups is 1. The Bertz CT molecular complexity index is 212. The molecule has 0 aliphatic carbocycles. The Kier molecular flexibility index (Phi) is 7.16. The number of amides is 1. The van der Waals surface area contributed by atoms with Gasteiger partial charge in [0.2, 0.25) is 5.91 Å². The highest BCUT2D eigenvalue weighted by Crippen LogP contribution is 2.09. The molecule has 1 atom stereocenters. The van der Waals surface area contributed by atoms with Crippen molar-refractivity contribution in [1.82, 2.24) is 10.6 Å². The zero-order valence-corrected chi connectivity index (χ0v) is 10.8. The molecule has 1 saturated heterocycles. The van der Waals surface area contributed by atoms with Crippen molar-refractivity contribution < 1.29 is 14.3 Å². The monoisotopic (exact) mass is 244 g/mol. The topological polar surface area (TPSA) is 59.6 Å². The van der Waals surface area contributed by atoms with Gasteiger partial charge in [0.15, 0.2) is 6.29 Å². The normalized spacial score (nSPS) is 20.5. The highest BCUT2D eigenvalue weighted by Gasteiger charge is 2.21. The van der Waals surface area contributed by atoms with Crippen molar-refractivity contribution in [3.8, 4) is 0 Å². The van der Waals surface area contributed by atoms with E-state index in [9.17, 15) is 4.79 Å². The molecule has 1 aliphatic heterocycles. The van der Waals surface area contributed by atoms with E-state index in [1.807, 2.05) is 13.8 Å². The van der Waals surface area contributed by atoms with Gasteiger partial charge in [-0.25, -0.2) is 0 Å². The summed E-state index contributed by atoms with van der Waals surface area (Å²) in [6.45, 7) is 7.23. The summed E-state index contributed by atoms with van der Waals surface area (Å²) in [5.74, 6) is 0.189. The SMILES string of the molecule is CCOC(CNC(=O)C1CCCNC1)OCC. The highest BCUT2D eigenvalue weighted by molar-refractivity contribution is 5.78. The summed E-state index contributed by atoms with van der Waals surface area (Å²) in [4.78, 5) is 11.8. The lowest BCUT2D eigenvalue weighted by molar-refractivity contribution is -0.142. The average molecular weight is 244 g/mol. The van der Waals surface area contributed by atoms with Crippen LogP contribution < -0.4 is 10.6 Å². The van der Waals surface area contributed by atoms with Crippen LogP contribution in [0.1, 0.15) is 26.7 Å². The van der Waals surface area contributed by atoms with Crippen LogP contribution in [0.15, 0.2) is 0 Å². The van der Waals surface area contributed by atoms with Crippen molar-refractivity contribution in [2.45, 2.75) is 33.0 Å².